The molecule has 11 heteroatoms. The number of aromatic carboxylic acids is 1. The molecule has 0 aliphatic rings. The fraction of sp³-hybridized carbons (Fsp3) is 0.190. The fourth-order valence-corrected chi connectivity index (χ4v) is 4.23. The van der Waals surface area contributed by atoms with Crippen LogP contribution >= 0.6 is 0 Å². The van der Waals surface area contributed by atoms with Gasteiger partial charge in [-0.3, -0.25) is 4.79 Å². The zero-order valence-electron chi connectivity index (χ0n) is 17.1. The topological polar surface area (TPSA) is 136 Å². The van der Waals surface area contributed by atoms with Crippen molar-refractivity contribution in [2.45, 2.75) is 25.2 Å². The Balaban J connectivity index is 1.98. The summed E-state index contributed by atoms with van der Waals surface area (Å²) in [5.41, 5.74) is 0.759. The van der Waals surface area contributed by atoms with E-state index in [1.54, 1.807) is 13.0 Å². The minimum atomic E-state index is -4.14. The Morgan fingerprint density at radius 3 is 2.56 bits per heavy atom. The Bertz CT molecular complexity index is 1290. The standard InChI is InChI=1S/C21H19FN2O7S/c1-3-30-21-17(23-19(31-21)20(26)27)11-14-9-8-13(10-16(14)22)15-6-4-5-7-18(15)32(28,29)24-12(2)25/h4-10H,3,11H2,1-2H3,(H,24,25)(H,26,27). The summed E-state index contributed by atoms with van der Waals surface area (Å²) in [5.74, 6) is -3.49. The number of nitrogens with zero attached hydrogens (tertiary/aromatic N) is 1. The molecule has 9 nitrogen and oxygen atoms in total. The van der Waals surface area contributed by atoms with Crippen molar-refractivity contribution in [2.75, 3.05) is 6.61 Å². The molecule has 0 radical (unpaired) electrons. The first-order chi connectivity index (χ1) is 15.1. The smallest absolute Gasteiger partial charge is 0.392 e. The van der Waals surface area contributed by atoms with Crippen LogP contribution < -0.4 is 9.46 Å². The molecule has 32 heavy (non-hydrogen) atoms. The third-order valence-electron chi connectivity index (χ3n) is 4.30. The van der Waals surface area contributed by atoms with Crippen molar-refractivity contribution in [3.8, 4) is 17.1 Å². The number of amides is 1. The molecule has 0 atom stereocenters. The highest BCUT2D eigenvalue weighted by Crippen LogP contribution is 2.30. The lowest BCUT2D eigenvalue weighted by atomic mass is 10.0. The van der Waals surface area contributed by atoms with E-state index in [1.807, 2.05) is 4.72 Å². The van der Waals surface area contributed by atoms with Gasteiger partial charge in [-0.05, 0) is 30.2 Å². The summed E-state index contributed by atoms with van der Waals surface area (Å²) in [5, 5.41) is 9.06. The van der Waals surface area contributed by atoms with E-state index in [2.05, 4.69) is 4.98 Å². The Morgan fingerprint density at radius 1 is 1.22 bits per heavy atom. The van der Waals surface area contributed by atoms with Crippen molar-refractivity contribution in [2.24, 2.45) is 0 Å². The Hall–Kier alpha value is -3.73. The summed E-state index contributed by atoms with van der Waals surface area (Å²) < 4.78 is 52.1. The zero-order valence-corrected chi connectivity index (χ0v) is 17.9. The minimum absolute atomic E-state index is 0.107. The Morgan fingerprint density at radius 2 is 1.94 bits per heavy atom. The van der Waals surface area contributed by atoms with Gasteiger partial charge in [0.05, 0.1) is 11.5 Å². The SMILES string of the molecule is CCOc1oc(C(=O)O)nc1Cc1ccc(-c2ccccc2S(=O)(=O)NC(C)=O)cc1F. The molecule has 1 aromatic heterocycles. The number of benzene rings is 2. The molecule has 0 bridgehead atoms. The number of rotatable bonds is 8. The van der Waals surface area contributed by atoms with Crippen LogP contribution in [0.15, 0.2) is 51.8 Å². The van der Waals surface area contributed by atoms with Crippen LogP contribution in [0, 0.1) is 5.82 Å². The molecule has 3 aromatic rings. The number of halogens is 1. The monoisotopic (exact) mass is 462 g/mol. The molecule has 1 heterocycles. The molecule has 0 aliphatic carbocycles. The summed E-state index contributed by atoms with van der Waals surface area (Å²) in [6, 6.07) is 9.97. The van der Waals surface area contributed by atoms with Gasteiger partial charge >= 0.3 is 17.8 Å². The number of carbonyl (C=O) groups is 2. The van der Waals surface area contributed by atoms with Crippen molar-refractivity contribution in [1.82, 2.24) is 9.71 Å². The lowest BCUT2D eigenvalue weighted by Crippen LogP contribution is -2.28. The summed E-state index contributed by atoms with van der Waals surface area (Å²) in [6.07, 6.45) is -0.107. The molecular weight excluding hydrogens is 443 g/mol. The van der Waals surface area contributed by atoms with Gasteiger partial charge in [-0.1, -0.05) is 30.3 Å². The van der Waals surface area contributed by atoms with Gasteiger partial charge in [0.25, 0.3) is 10.0 Å². The van der Waals surface area contributed by atoms with Crippen molar-refractivity contribution in [3.63, 3.8) is 0 Å². The van der Waals surface area contributed by atoms with Crippen molar-refractivity contribution in [1.29, 1.82) is 0 Å². The van der Waals surface area contributed by atoms with Gasteiger partial charge in [0.1, 0.15) is 11.5 Å². The molecule has 168 valence electrons. The number of carboxylic acids is 1. The zero-order chi connectivity index (χ0) is 23.5. The van der Waals surface area contributed by atoms with Crippen LogP contribution in [0.4, 0.5) is 4.39 Å². The van der Waals surface area contributed by atoms with E-state index < -0.39 is 33.6 Å². The van der Waals surface area contributed by atoms with Gasteiger partial charge in [-0.2, -0.15) is 0 Å². The highest BCUT2D eigenvalue weighted by Gasteiger charge is 2.23. The molecular formula is C21H19FN2O7S. The van der Waals surface area contributed by atoms with Crippen LogP contribution in [-0.2, 0) is 21.2 Å². The average molecular weight is 462 g/mol. The molecule has 2 aromatic carbocycles. The molecule has 0 saturated heterocycles. The van der Waals surface area contributed by atoms with Crippen LogP contribution in [-0.4, -0.2) is 37.0 Å². The quantitative estimate of drug-likeness (QED) is 0.521. The number of carboxylic acid groups (broad SMARTS) is 1. The van der Waals surface area contributed by atoms with E-state index >= 15 is 0 Å². The van der Waals surface area contributed by atoms with Gasteiger partial charge in [-0.15, -0.1) is 0 Å². The molecule has 0 spiro atoms. The maximum atomic E-state index is 14.9. The van der Waals surface area contributed by atoms with Gasteiger partial charge in [0, 0.05) is 18.9 Å². The van der Waals surface area contributed by atoms with Gasteiger partial charge in [-0.25, -0.2) is 27.3 Å². The van der Waals surface area contributed by atoms with Crippen LogP contribution in [0.3, 0.4) is 0 Å². The molecule has 0 fully saturated rings. The van der Waals surface area contributed by atoms with Crippen LogP contribution in [0.5, 0.6) is 5.95 Å². The minimum Gasteiger partial charge on any atom is -0.474 e. The van der Waals surface area contributed by atoms with Crippen LogP contribution in [0.1, 0.15) is 35.8 Å². The predicted octanol–water partition coefficient (Wildman–Crippen LogP) is 2.99. The first kappa shape index (κ1) is 22.9. The fourth-order valence-electron chi connectivity index (χ4n) is 3.01. The molecule has 0 aliphatic heterocycles. The van der Waals surface area contributed by atoms with E-state index in [9.17, 15) is 22.4 Å². The third kappa shape index (κ3) is 4.94. The maximum absolute atomic E-state index is 14.9. The number of carbonyl (C=O) groups excluding carboxylic acids is 1. The number of nitrogens with one attached hydrogen (secondary N) is 1. The third-order valence-corrected chi connectivity index (χ3v) is 5.79. The molecule has 2 N–H and O–H groups in total. The van der Waals surface area contributed by atoms with Crippen molar-refractivity contribution >= 4 is 21.9 Å². The highest BCUT2D eigenvalue weighted by molar-refractivity contribution is 7.90. The lowest BCUT2D eigenvalue weighted by molar-refractivity contribution is -0.117. The molecule has 0 unspecified atom stereocenters. The number of aromatic nitrogens is 1. The van der Waals surface area contributed by atoms with Crippen LogP contribution in [0.2, 0.25) is 0 Å². The second kappa shape index (κ2) is 9.18. The van der Waals surface area contributed by atoms with Gasteiger partial charge in [0.2, 0.25) is 5.91 Å². The summed E-state index contributed by atoms with van der Waals surface area (Å²) in [6.45, 7) is 2.95. The van der Waals surface area contributed by atoms with Gasteiger partial charge in [0.15, 0.2) is 0 Å². The number of ether oxygens (including phenoxy) is 1. The first-order valence-electron chi connectivity index (χ1n) is 9.39. The Kier molecular flexibility index (Phi) is 6.58. The predicted molar refractivity (Wildman–Crippen MR) is 110 cm³/mol. The highest BCUT2D eigenvalue weighted by atomic mass is 32.2. The molecule has 0 saturated carbocycles. The van der Waals surface area contributed by atoms with Gasteiger partial charge < -0.3 is 14.3 Å². The molecule has 3 rings (SSSR count). The van der Waals surface area contributed by atoms with E-state index in [1.165, 1.54) is 30.3 Å². The van der Waals surface area contributed by atoms with E-state index in [0.717, 1.165) is 13.0 Å². The number of hydrogen-bond donors (Lipinski definition) is 2. The van der Waals surface area contributed by atoms with Crippen LogP contribution in [0.25, 0.3) is 11.1 Å². The number of sulfonamides is 1. The second-order valence-corrected chi connectivity index (χ2v) is 8.28. The van der Waals surface area contributed by atoms with E-state index in [0.29, 0.717) is 0 Å². The van der Waals surface area contributed by atoms with Crippen molar-refractivity contribution in [3.05, 3.63) is 65.4 Å². The van der Waals surface area contributed by atoms with E-state index in [-0.39, 0.29) is 46.3 Å². The normalized spacial score (nSPS) is 11.2. The second-order valence-electron chi connectivity index (χ2n) is 6.63. The maximum Gasteiger partial charge on any atom is 0.392 e. The van der Waals surface area contributed by atoms with E-state index in [4.69, 9.17) is 14.3 Å². The number of hydrogen-bond acceptors (Lipinski definition) is 7. The lowest BCUT2D eigenvalue weighted by Gasteiger charge is -2.12. The summed E-state index contributed by atoms with van der Waals surface area (Å²) >= 11 is 0. The number of oxazole rings is 1. The summed E-state index contributed by atoms with van der Waals surface area (Å²) in [4.78, 5) is 26.0. The Labute approximate surface area is 182 Å². The van der Waals surface area contributed by atoms with Crippen molar-refractivity contribution < 1.29 is 36.7 Å². The average Bonchev–Trinajstić information content (AvgIpc) is 3.12. The first-order valence-corrected chi connectivity index (χ1v) is 10.9. The molecule has 1 amide bonds. The summed E-state index contributed by atoms with van der Waals surface area (Å²) in [7, 11) is -4.14. The largest absolute Gasteiger partial charge is 0.474 e.